The minimum Gasteiger partial charge on any atom is -0.391 e. The molecule has 1 aliphatic heterocycles. The fraction of sp³-hybridized carbons (Fsp3) is 0.333. The van der Waals surface area contributed by atoms with Crippen molar-refractivity contribution < 1.29 is 14.7 Å². The van der Waals surface area contributed by atoms with E-state index < -0.39 is 12.1 Å². The second kappa shape index (κ2) is 7.67. The molecule has 0 unspecified atom stereocenters. The summed E-state index contributed by atoms with van der Waals surface area (Å²) in [5, 5.41) is 17.6. The molecule has 1 fully saturated rings. The zero-order valence-electron chi connectivity index (χ0n) is 13.9. The SMILES string of the molecule is C[C@H](NC(=O)[C@H]1C[C@H](O)CN1C(=O)Nc1ccccc1)c1cccs1. The van der Waals surface area contributed by atoms with Crippen LogP contribution in [0.15, 0.2) is 47.8 Å². The van der Waals surface area contributed by atoms with E-state index in [1.165, 1.54) is 4.90 Å². The first-order chi connectivity index (χ1) is 12.0. The van der Waals surface area contributed by atoms with Crippen LogP contribution >= 0.6 is 11.3 Å². The highest BCUT2D eigenvalue weighted by Crippen LogP contribution is 2.23. The molecule has 1 saturated heterocycles. The van der Waals surface area contributed by atoms with Crippen molar-refractivity contribution in [1.29, 1.82) is 0 Å². The van der Waals surface area contributed by atoms with Crippen LogP contribution in [0.1, 0.15) is 24.3 Å². The number of amides is 3. The molecule has 3 rings (SSSR count). The van der Waals surface area contributed by atoms with Crippen LogP contribution in [0.2, 0.25) is 0 Å². The maximum Gasteiger partial charge on any atom is 0.322 e. The van der Waals surface area contributed by atoms with E-state index in [1.807, 2.05) is 42.6 Å². The van der Waals surface area contributed by atoms with Crippen molar-refractivity contribution in [2.45, 2.75) is 31.5 Å². The lowest BCUT2D eigenvalue weighted by atomic mass is 10.1. The summed E-state index contributed by atoms with van der Waals surface area (Å²) < 4.78 is 0. The predicted molar refractivity (Wildman–Crippen MR) is 97.5 cm³/mol. The molecule has 3 N–H and O–H groups in total. The molecule has 0 spiro atoms. The fourth-order valence-electron chi connectivity index (χ4n) is 2.92. The number of nitrogens with one attached hydrogen (secondary N) is 2. The maximum atomic E-state index is 12.6. The van der Waals surface area contributed by atoms with Crippen LogP contribution in [0, 0.1) is 0 Å². The van der Waals surface area contributed by atoms with Gasteiger partial charge >= 0.3 is 6.03 Å². The Morgan fingerprint density at radius 2 is 2.00 bits per heavy atom. The summed E-state index contributed by atoms with van der Waals surface area (Å²) in [5.41, 5.74) is 0.653. The molecule has 0 bridgehead atoms. The standard InChI is InChI=1S/C18H21N3O3S/c1-12(16-8-5-9-25-16)19-17(23)15-10-14(22)11-21(15)18(24)20-13-6-3-2-4-7-13/h2-9,12,14-15,22H,10-11H2,1H3,(H,19,23)(H,20,24)/t12-,14-,15+/m0/s1. The van der Waals surface area contributed by atoms with Gasteiger partial charge in [0.1, 0.15) is 6.04 Å². The molecule has 1 aromatic heterocycles. The lowest BCUT2D eigenvalue weighted by Gasteiger charge is -2.25. The van der Waals surface area contributed by atoms with E-state index >= 15 is 0 Å². The Morgan fingerprint density at radius 3 is 2.68 bits per heavy atom. The molecule has 25 heavy (non-hydrogen) atoms. The number of aliphatic hydroxyl groups excluding tert-OH is 1. The lowest BCUT2D eigenvalue weighted by Crippen LogP contribution is -2.47. The third-order valence-electron chi connectivity index (χ3n) is 4.20. The minimum atomic E-state index is -0.700. The van der Waals surface area contributed by atoms with Gasteiger partial charge in [-0.15, -0.1) is 11.3 Å². The van der Waals surface area contributed by atoms with Gasteiger partial charge in [-0.25, -0.2) is 4.79 Å². The summed E-state index contributed by atoms with van der Waals surface area (Å²) >= 11 is 1.57. The summed E-state index contributed by atoms with van der Waals surface area (Å²) in [6.45, 7) is 2.05. The Hall–Kier alpha value is -2.38. The molecule has 6 nitrogen and oxygen atoms in total. The number of aliphatic hydroxyl groups is 1. The van der Waals surface area contributed by atoms with E-state index in [9.17, 15) is 14.7 Å². The molecular weight excluding hydrogens is 338 g/mol. The number of para-hydroxylation sites is 1. The Kier molecular flexibility index (Phi) is 5.35. The topological polar surface area (TPSA) is 81.7 Å². The highest BCUT2D eigenvalue weighted by Gasteiger charge is 2.39. The first-order valence-corrected chi connectivity index (χ1v) is 9.07. The number of carbonyl (C=O) groups excluding carboxylic acids is 2. The number of hydrogen-bond acceptors (Lipinski definition) is 4. The van der Waals surface area contributed by atoms with Crippen LogP contribution in [0.4, 0.5) is 10.5 Å². The van der Waals surface area contributed by atoms with Crippen molar-refractivity contribution in [1.82, 2.24) is 10.2 Å². The number of benzene rings is 1. The molecule has 3 atom stereocenters. The van der Waals surface area contributed by atoms with Gasteiger partial charge in [0.25, 0.3) is 0 Å². The van der Waals surface area contributed by atoms with Gasteiger partial charge in [0.05, 0.1) is 12.1 Å². The van der Waals surface area contributed by atoms with Crippen LogP contribution in [-0.4, -0.2) is 40.6 Å². The Bertz CT molecular complexity index is 720. The molecule has 2 aromatic rings. The van der Waals surface area contributed by atoms with Crippen molar-refractivity contribution >= 4 is 29.0 Å². The van der Waals surface area contributed by atoms with Crippen LogP contribution in [0.25, 0.3) is 0 Å². The van der Waals surface area contributed by atoms with Gasteiger partial charge in [-0.1, -0.05) is 24.3 Å². The number of rotatable bonds is 4. The monoisotopic (exact) mass is 359 g/mol. The number of carbonyl (C=O) groups is 2. The van der Waals surface area contributed by atoms with Crippen molar-refractivity contribution in [2.24, 2.45) is 0 Å². The number of anilines is 1. The normalized spacial score (nSPS) is 21.0. The van der Waals surface area contributed by atoms with E-state index in [-0.39, 0.29) is 30.9 Å². The fourth-order valence-corrected chi connectivity index (χ4v) is 3.66. The molecular formula is C18H21N3O3S. The zero-order chi connectivity index (χ0) is 17.8. The summed E-state index contributed by atoms with van der Waals surface area (Å²) in [6, 6.07) is 11.7. The summed E-state index contributed by atoms with van der Waals surface area (Å²) in [4.78, 5) is 27.6. The molecule has 7 heteroatoms. The molecule has 1 aliphatic rings. The quantitative estimate of drug-likeness (QED) is 0.785. The third-order valence-corrected chi connectivity index (χ3v) is 5.25. The second-order valence-corrected chi connectivity index (χ2v) is 7.08. The number of urea groups is 1. The predicted octanol–water partition coefficient (Wildman–Crippen LogP) is 2.59. The zero-order valence-corrected chi connectivity index (χ0v) is 14.7. The van der Waals surface area contributed by atoms with Gasteiger partial charge in [0, 0.05) is 23.5 Å². The molecule has 1 aromatic carbocycles. The molecule has 0 saturated carbocycles. The van der Waals surface area contributed by atoms with E-state index in [0.717, 1.165) is 4.88 Å². The van der Waals surface area contributed by atoms with Gasteiger partial charge in [-0.3, -0.25) is 4.79 Å². The van der Waals surface area contributed by atoms with Crippen molar-refractivity contribution in [3.63, 3.8) is 0 Å². The molecule has 0 radical (unpaired) electrons. The second-order valence-electron chi connectivity index (χ2n) is 6.10. The van der Waals surface area contributed by atoms with Gasteiger partial charge < -0.3 is 20.6 Å². The Balaban J connectivity index is 1.66. The van der Waals surface area contributed by atoms with Gasteiger partial charge in [-0.05, 0) is 30.5 Å². The number of hydrogen-bond donors (Lipinski definition) is 3. The van der Waals surface area contributed by atoms with Crippen molar-refractivity contribution in [2.75, 3.05) is 11.9 Å². The number of likely N-dealkylation sites (tertiary alicyclic amines) is 1. The maximum absolute atomic E-state index is 12.6. The van der Waals surface area contributed by atoms with E-state index in [0.29, 0.717) is 5.69 Å². The smallest absolute Gasteiger partial charge is 0.322 e. The summed E-state index contributed by atoms with van der Waals surface area (Å²) in [6.07, 6.45) is -0.458. The van der Waals surface area contributed by atoms with E-state index in [2.05, 4.69) is 10.6 Å². The summed E-state index contributed by atoms with van der Waals surface area (Å²) in [5.74, 6) is -0.249. The average molecular weight is 359 g/mol. The lowest BCUT2D eigenvalue weighted by molar-refractivity contribution is -0.125. The number of β-amino-alcohol motifs (C(OH)–C–C–N with tert-alkyl or cyclic N) is 1. The van der Waals surface area contributed by atoms with Gasteiger partial charge in [0.15, 0.2) is 0 Å². The third kappa shape index (κ3) is 4.18. The van der Waals surface area contributed by atoms with Crippen LogP contribution in [-0.2, 0) is 4.79 Å². The highest BCUT2D eigenvalue weighted by atomic mass is 32.1. The van der Waals surface area contributed by atoms with E-state index in [1.54, 1.807) is 23.5 Å². The van der Waals surface area contributed by atoms with Crippen molar-refractivity contribution in [3.05, 3.63) is 52.7 Å². The first kappa shape index (κ1) is 17.4. The van der Waals surface area contributed by atoms with E-state index in [4.69, 9.17) is 0 Å². The van der Waals surface area contributed by atoms with Crippen LogP contribution in [0.5, 0.6) is 0 Å². The molecule has 132 valence electrons. The molecule has 0 aliphatic carbocycles. The highest BCUT2D eigenvalue weighted by molar-refractivity contribution is 7.10. The molecule has 2 heterocycles. The Labute approximate surface area is 150 Å². The number of nitrogens with zero attached hydrogens (tertiary/aromatic N) is 1. The van der Waals surface area contributed by atoms with Gasteiger partial charge in [-0.2, -0.15) is 0 Å². The minimum absolute atomic E-state index is 0.135. The average Bonchev–Trinajstić information content (AvgIpc) is 3.25. The number of thiophene rings is 1. The molecule has 3 amide bonds. The van der Waals surface area contributed by atoms with Crippen LogP contribution in [0.3, 0.4) is 0 Å². The summed E-state index contributed by atoms with van der Waals surface area (Å²) in [7, 11) is 0. The van der Waals surface area contributed by atoms with Crippen molar-refractivity contribution in [3.8, 4) is 0 Å². The largest absolute Gasteiger partial charge is 0.391 e. The van der Waals surface area contributed by atoms with Gasteiger partial charge in [0.2, 0.25) is 5.91 Å². The first-order valence-electron chi connectivity index (χ1n) is 8.19. The Morgan fingerprint density at radius 1 is 1.24 bits per heavy atom. The van der Waals surface area contributed by atoms with Crippen LogP contribution < -0.4 is 10.6 Å².